The van der Waals surface area contributed by atoms with Gasteiger partial charge in [0.05, 0.1) is 11.9 Å². The zero-order valence-corrected chi connectivity index (χ0v) is 13.7. The van der Waals surface area contributed by atoms with Crippen LogP contribution in [0.5, 0.6) is 0 Å². The minimum Gasteiger partial charge on any atom is -0.310 e. The molecule has 0 radical (unpaired) electrons. The molecule has 2 saturated heterocycles. The molecule has 0 bridgehead atoms. The van der Waals surface area contributed by atoms with Crippen LogP contribution >= 0.6 is 0 Å². The lowest BCUT2D eigenvalue weighted by molar-refractivity contribution is 0.380. The maximum Gasteiger partial charge on any atom is 0.260 e. The molecule has 1 atom stereocenters. The Morgan fingerprint density at radius 2 is 1.96 bits per heavy atom. The highest BCUT2D eigenvalue weighted by molar-refractivity contribution is 7.89. The molecule has 2 fully saturated rings. The van der Waals surface area contributed by atoms with Gasteiger partial charge in [0.2, 0.25) is 0 Å². The minimum absolute atomic E-state index is 0.0231. The van der Waals surface area contributed by atoms with Gasteiger partial charge in [0, 0.05) is 18.6 Å². The summed E-state index contributed by atoms with van der Waals surface area (Å²) in [5.41, 5.74) is 0.731. The van der Waals surface area contributed by atoms with Crippen LogP contribution in [0, 0.1) is 0 Å². The molecule has 1 aromatic carbocycles. The van der Waals surface area contributed by atoms with Crippen molar-refractivity contribution in [3.05, 3.63) is 42.6 Å². The molecule has 6 nitrogen and oxygen atoms in total. The van der Waals surface area contributed by atoms with E-state index in [1.807, 2.05) is 30.3 Å². The summed E-state index contributed by atoms with van der Waals surface area (Å²) in [6.45, 7) is 2.10. The third kappa shape index (κ3) is 2.49. The molecular weight excluding hydrogens is 312 g/mol. The molecule has 1 aromatic heterocycles. The zero-order chi connectivity index (χ0) is 15.9. The zero-order valence-electron chi connectivity index (χ0n) is 12.9. The molecule has 2 aliphatic rings. The number of para-hydroxylation sites is 1. The molecule has 1 spiro atoms. The van der Waals surface area contributed by atoms with E-state index < -0.39 is 10.0 Å². The fourth-order valence-corrected chi connectivity index (χ4v) is 5.26. The highest BCUT2D eigenvalue weighted by Gasteiger charge is 2.45. The lowest BCUT2D eigenvalue weighted by atomic mass is 9.97. The number of nitrogens with one attached hydrogen (secondary N) is 1. The predicted octanol–water partition coefficient (Wildman–Crippen LogP) is 1.39. The fraction of sp³-hybridized carbons (Fsp3) is 0.438. The molecule has 1 N–H and O–H groups in total. The first kappa shape index (κ1) is 14.9. The van der Waals surface area contributed by atoms with E-state index in [2.05, 4.69) is 10.4 Å². The number of rotatable bonds is 3. The first-order chi connectivity index (χ1) is 11.1. The van der Waals surface area contributed by atoms with E-state index in [4.69, 9.17) is 0 Å². The largest absolute Gasteiger partial charge is 0.310 e. The van der Waals surface area contributed by atoms with Gasteiger partial charge in [0.1, 0.15) is 0 Å². The molecule has 4 rings (SSSR count). The molecule has 1 unspecified atom stereocenters. The van der Waals surface area contributed by atoms with Gasteiger partial charge in [0.15, 0.2) is 5.03 Å². The Bertz CT molecular complexity index is 794. The second-order valence-corrected chi connectivity index (χ2v) is 8.20. The van der Waals surface area contributed by atoms with Gasteiger partial charge in [-0.2, -0.15) is 9.40 Å². The lowest BCUT2D eigenvalue weighted by Crippen LogP contribution is -2.43. The van der Waals surface area contributed by atoms with Crippen molar-refractivity contribution in [3.63, 3.8) is 0 Å². The van der Waals surface area contributed by atoms with Crippen LogP contribution in [0.2, 0.25) is 0 Å². The summed E-state index contributed by atoms with van der Waals surface area (Å²) in [6, 6.07) is 10.9. The average molecular weight is 332 g/mol. The van der Waals surface area contributed by atoms with E-state index in [0.29, 0.717) is 13.1 Å². The van der Waals surface area contributed by atoms with Crippen LogP contribution in [0.15, 0.2) is 47.6 Å². The van der Waals surface area contributed by atoms with E-state index in [1.165, 1.54) is 4.68 Å². The van der Waals surface area contributed by atoms with Gasteiger partial charge in [0.25, 0.3) is 10.0 Å². The SMILES string of the molecule is O=S(=O)(c1ccnn1-c1ccccc1)N1CCC2(CCCN2)C1. The molecule has 0 amide bonds. The number of hydrogen-bond acceptors (Lipinski definition) is 4. The molecule has 3 heterocycles. The third-order valence-corrected chi connectivity index (χ3v) is 6.69. The van der Waals surface area contributed by atoms with Crippen molar-refractivity contribution in [2.45, 2.75) is 29.8 Å². The Labute approximate surface area is 136 Å². The average Bonchev–Trinajstić information content (AvgIpc) is 3.30. The van der Waals surface area contributed by atoms with Crippen LogP contribution in [0.1, 0.15) is 19.3 Å². The normalized spacial score (nSPS) is 25.4. The van der Waals surface area contributed by atoms with Gasteiger partial charge in [-0.25, -0.2) is 13.1 Å². The maximum absolute atomic E-state index is 13.1. The monoisotopic (exact) mass is 332 g/mol. The second-order valence-electron chi connectivity index (χ2n) is 6.32. The Kier molecular flexibility index (Phi) is 3.51. The van der Waals surface area contributed by atoms with E-state index in [0.717, 1.165) is 31.5 Å². The molecule has 2 aromatic rings. The van der Waals surface area contributed by atoms with Crippen LogP contribution in [0.3, 0.4) is 0 Å². The smallest absolute Gasteiger partial charge is 0.260 e. The van der Waals surface area contributed by atoms with E-state index >= 15 is 0 Å². The maximum atomic E-state index is 13.1. The van der Waals surface area contributed by atoms with E-state index in [9.17, 15) is 8.42 Å². The molecular formula is C16H20N4O2S. The van der Waals surface area contributed by atoms with Crippen molar-refractivity contribution in [1.29, 1.82) is 0 Å². The molecule has 23 heavy (non-hydrogen) atoms. The van der Waals surface area contributed by atoms with Crippen LogP contribution in [0.4, 0.5) is 0 Å². The molecule has 0 aliphatic carbocycles. The van der Waals surface area contributed by atoms with Crippen LogP contribution in [-0.4, -0.2) is 47.7 Å². The number of sulfonamides is 1. The first-order valence-corrected chi connectivity index (χ1v) is 9.39. The van der Waals surface area contributed by atoms with Gasteiger partial charge in [-0.3, -0.25) is 0 Å². The van der Waals surface area contributed by atoms with E-state index in [-0.39, 0.29) is 10.6 Å². The van der Waals surface area contributed by atoms with Crippen LogP contribution in [-0.2, 0) is 10.0 Å². The number of nitrogens with zero attached hydrogens (tertiary/aromatic N) is 3. The Morgan fingerprint density at radius 1 is 1.13 bits per heavy atom. The highest BCUT2D eigenvalue weighted by atomic mass is 32.2. The summed E-state index contributed by atoms with van der Waals surface area (Å²) < 4.78 is 29.2. The summed E-state index contributed by atoms with van der Waals surface area (Å²) in [5, 5.41) is 7.94. The summed E-state index contributed by atoms with van der Waals surface area (Å²) in [5.74, 6) is 0. The molecule has 7 heteroatoms. The Balaban J connectivity index is 1.67. The summed E-state index contributed by atoms with van der Waals surface area (Å²) in [7, 11) is -3.54. The van der Waals surface area contributed by atoms with Crippen molar-refractivity contribution >= 4 is 10.0 Å². The number of hydrogen-bond donors (Lipinski definition) is 1. The second kappa shape index (κ2) is 5.43. The van der Waals surface area contributed by atoms with Gasteiger partial charge >= 0.3 is 0 Å². The van der Waals surface area contributed by atoms with Gasteiger partial charge < -0.3 is 5.32 Å². The lowest BCUT2D eigenvalue weighted by Gasteiger charge is -2.24. The van der Waals surface area contributed by atoms with E-state index in [1.54, 1.807) is 16.6 Å². The minimum atomic E-state index is -3.54. The van der Waals surface area contributed by atoms with Crippen molar-refractivity contribution in [1.82, 2.24) is 19.4 Å². The fourth-order valence-electron chi connectivity index (χ4n) is 3.64. The molecule has 122 valence electrons. The predicted molar refractivity (Wildman–Crippen MR) is 86.9 cm³/mol. The summed E-state index contributed by atoms with van der Waals surface area (Å²) in [6.07, 6.45) is 4.60. The summed E-state index contributed by atoms with van der Waals surface area (Å²) >= 11 is 0. The van der Waals surface area contributed by atoms with Crippen molar-refractivity contribution < 1.29 is 8.42 Å². The number of aromatic nitrogens is 2. The van der Waals surface area contributed by atoms with Crippen LogP contribution in [0.25, 0.3) is 5.69 Å². The highest BCUT2D eigenvalue weighted by Crippen LogP contribution is 2.33. The van der Waals surface area contributed by atoms with Gasteiger partial charge in [-0.1, -0.05) is 18.2 Å². The Morgan fingerprint density at radius 3 is 2.70 bits per heavy atom. The van der Waals surface area contributed by atoms with Crippen molar-refractivity contribution in [2.24, 2.45) is 0 Å². The molecule has 2 aliphatic heterocycles. The summed E-state index contributed by atoms with van der Waals surface area (Å²) in [4.78, 5) is 0. The quantitative estimate of drug-likeness (QED) is 0.922. The molecule has 0 saturated carbocycles. The first-order valence-electron chi connectivity index (χ1n) is 7.95. The van der Waals surface area contributed by atoms with Crippen molar-refractivity contribution in [3.8, 4) is 5.69 Å². The van der Waals surface area contributed by atoms with Crippen molar-refractivity contribution in [2.75, 3.05) is 19.6 Å². The van der Waals surface area contributed by atoms with Gasteiger partial charge in [-0.05, 0) is 44.0 Å². The standard InChI is InChI=1S/C16H20N4O2S/c21-23(22,19-12-9-16(13-19)8-4-10-17-16)15-7-11-18-20(15)14-5-2-1-3-6-14/h1-3,5-7,11,17H,4,8-10,12-13H2. The van der Waals surface area contributed by atoms with Gasteiger partial charge in [-0.15, -0.1) is 0 Å². The Hall–Kier alpha value is -1.70. The number of benzene rings is 1. The topological polar surface area (TPSA) is 67.2 Å². The third-order valence-electron chi connectivity index (χ3n) is 4.86. The van der Waals surface area contributed by atoms with Crippen LogP contribution < -0.4 is 5.32 Å².